The number of ketones is 1. The van der Waals surface area contributed by atoms with Gasteiger partial charge in [-0.1, -0.05) is 24.6 Å². The Labute approximate surface area is 123 Å². The number of hydrogen-bond donors (Lipinski definition) is 1. The predicted octanol–water partition coefficient (Wildman–Crippen LogP) is 3.39. The summed E-state index contributed by atoms with van der Waals surface area (Å²) in [6.45, 7) is 3.52. The second-order valence-electron chi connectivity index (χ2n) is 5.74. The van der Waals surface area contributed by atoms with Crippen LogP contribution in [0.2, 0.25) is 0 Å². The molecule has 21 heavy (non-hydrogen) atoms. The number of aryl methyl sites for hydroxylation is 1. The molecule has 1 aliphatic carbocycles. The van der Waals surface area contributed by atoms with E-state index in [2.05, 4.69) is 4.98 Å². The van der Waals surface area contributed by atoms with Crippen molar-refractivity contribution in [3.8, 4) is 0 Å². The zero-order valence-corrected chi connectivity index (χ0v) is 12.3. The number of fused-ring (bicyclic) bond motifs is 1. The highest BCUT2D eigenvalue weighted by Gasteiger charge is 2.30. The van der Waals surface area contributed by atoms with Crippen LogP contribution in [0.1, 0.15) is 42.2 Å². The molecule has 1 N–H and O–H groups in total. The predicted molar refractivity (Wildman–Crippen MR) is 80.3 cm³/mol. The molecule has 110 valence electrons. The summed E-state index contributed by atoms with van der Waals surface area (Å²) < 4.78 is 5.34. The average molecular weight is 285 g/mol. The number of hydrogen-bond acceptors (Lipinski definition) is 3. The number of carbonyl (C=O) groups is 2. The molecule has 1 aliphatic rings. The van der Waals surface area contributed by atoms with Gasteiger partial charge in [-0.25, -0.2) is 0 Å². The molecule has 1 aromatic heterocycles. The minimum atomic E-state index is -0.740. The number of carbonyl (C=O) groups excluding carboxylic acids is 2. The second kappa shape index (κ2) is 5.35. The number of benzene rings is 1. The van der Waals surface area contributed by atoms with Crippen molar-refractivity contribution < 1.29 is 14.3 Å². The highest BCUT2D eigenvalue weighted by atomic mass is 16.5. The first-order valence-electron chi connectivity index (χ1n) is 7.40. The lowest BCUT2D eigenvalue weighted by molar-refractivity contribution is -0.154. The highest BCUT2D eigenvalue weighted by Crippen LogP contribution is 2.29. The molecule has 2 aromatic rings. The number of para-hydroxylation sites is 1. The van der Waals surface area contributed by atoms with E-state index < -0.39 is 6.10 Å². The third-order valence-corrected chi connectivity index (χ3v) is 4.24. The van der Waals surface area contributed by atoms with Crippen LogP contribution in [0.15, 0.2) is 24.3 Å². The Morgan fingerprint density at radius 2 is 2.00 bits per heavy atom. The maximum Gasteiger partial charge on any atom is 0.309 e. The summed E-state index contributed by atoms with van der Waals surface area (Å²) in [4.78, 5) is 27.7. The molecule has 1 heterocycles. The largest absolute Gasteiger partial charge is 0.454 e. The van der Waals surface area contributed by atoms with Crippen LogP contribution in [0.3, 0.4) is 0 Å². The standard InChI is InChI=1S/C17H19NO3/c1-10-15(13-8-3-4-9-14(13)18-10)16(19)11(2)21-17(20)12-6-5-7-12/h3-4,8-9,11-12,18H,5-7H2,1-2H3/t11-/m1/s1. The molecule has 0 amide bonds. The lowest BCUT2D eigenvalue weighted by atomic mass is 9.85. The number of Topliss-reactive ketones (excluding diaryl/α,β-unsaturated/α-hetero) is 1. The van der Waals surface area contributed by atoms with Gasteiger partial charge in [0.15, 0.2) is 6.10 Å². The van der Waals surface area contributed by atoms with Crippen LogP contribution in [0.25, 0.3) is 10.9 Å². The molecule has 0 unspecified atom stereocenters. The number of rotatable bonds is 4. The Morgan fingerprint density at radius 3 is 2.67 bits per heavy atom. The fourth-order valence-corrected chi connectivity index (χ4v) is 2.77. The van der Waals surface area contributed by atoms with Gasteiger partial charge >= 0.3 is 5.97 Å². The molecule has 1 fully saturated rings. The Bertz CT molecular complexity index is 697. The number of ether oxygens (including phenoxy) is 1. The van der Waals surface area contributed by atoms with Crippen LogP contribution in [0.5, 0.6) is 0 Å². The van der Waals surface area contributed by atoms with Crippen molar-refractivity contribution in [2.24, 2.45) is 5.92 Å². The third kappa shape index (κ3) is 2.46. The minimum absolute atomic E-state index is 0.00989. The van der Waals surface area contributed by atoms with E-state index in [4.69, 9.17) is 4.74 Å². The molecular weight excluding hydrogens is 266 g/mol. The Kier molecular flexibility index (Phi) is 3.53. The molecule has 0 aliphatic heterocycles. The normalized spacial score (nSPS) is 16.5. The summed E-state index contributed by atoms with van der Waals surface area (Å²) in [5.41, 5.74) is 2.36. The zero-order chi connectivity index (χ0) is 15.0. The fourth-order valence-electron chi connectivity index (χ4n) is 2.77. The van der Waals surface area contributed by atoms with Crippen molar-refractivity contribution >= 4 is 22.7 Å². The summed E-state index contributed by atoms with van der Waals surface area (Å²) in [5, 5.41) is 0.881. The quantitative estimate of drug-likeness (QED) is 0.692. The van der Waals surface area contributed by atoms with Gasteiger partial charge in [0.2, 0.25) is 5.78 Å². The number of aromatic nitrogens is 1. The van der Waals surface area contributed by atoms with E-state index in [1.54, 1.807) is 6.92 Å². The van der Waals surface area contributed by atoms with Gasteiger partial charge in [0.25, 0.3) is 0 Å². The van der Waals surface area contributed by atoms with E-state index in [0.29, 0.717) is 5.56 Å². The van der Waals surface area contributed by atoms with Crippen LogP contribution < -0.4 is 0 Å². The van der Waals surface area contributed by atoms with Crippen LogP contribution in [-0.2, 0) is 9.53 Å². The monoisotopic (exact) mass is 285 g/mol. The van der Waals surface area contributed by atoms with Gasteiger partial charge in [-0.3, -0.25) is 9.59 Å². The topological polar surface area (TPSA) is 59.2 Å². The van der Waals surface area contributed by atoms with Crippen LogP contribution in [0, 0.1) is 12.8 Å². The van der Waals surface area contributed by atoms with Crippen LogP contribution in [0.4, 0.5) is 0 Å². The minimum Gasteiger partial charge on any atom is -0.454 e. The zero-order valence-electron chi connectivity index (χ0n) is 12.3. The lowest BCUT2D eigenvalue weighted by Crippen LogP contribution is -2.31. The highest BCUT2D eigenvalue weighted by molar-refractivity contribution is 6.11. The van der Waals surface area contributed by atoms with Crippen molar-refractivity contribution in [1.29, 1.82) is 0 Å². The molecule has 4 heteroatoms. The first-order chi connectivity index (χ1) is 10.1. The number of H-pyrrole nitrogens is 1. The van der Waals surface area contributed by atoms with Crippen LogP contribution in [-0.4, -0.2) is 22.8 Å². The third-order valence-electron chi connectivity index (χ3n) is 4.24. The molecule has 4 nitrogen and oxygen atoms in total. The molecule has 1 aromatic carbocycles. The van der Waals surface area contributed by atoms with E-state index in [9.17, 15) is 9.59 Å². The second-order valence-corrected chi connectivity index (χ2v) is 5.74. The number of nitrogens with one attached hydrogen (secondary N) is 1. The summed E-state index contributed by atoms with van der Waals surface area (Å²) in [6.07, 6.45) is 2.09. The summed E-state index contributed by atoms with van der Waals surface area (Å²) >= 11 is 0. The molecule has 1 saturated carbocycles. The van der Waals surface area contributed by atoms with Gasteiger partial charge < -0.3 is 9.72 Å². The van der Waals surface area contributed by atoms with Crippen molar-refractivity contribution in [1.82, 2.24) is 4.98 Å². The van der Waals surface area contributed by atoms with E-state index in [0.717, 1.165) is 35.9 Å². The van der Waals surface area contributed by atoms with Crippen LogP contribution >= 0.6 is 0 Å². The van der Waals surface area contributed by atoms with Crippen molar-refractivity contribution in [3.63, 3.8) is 0 Å². The summed E-state index contributed by atoms with van der Waals surface area (Å²) in [7, 11) is 0. The summed E-state index contributed by atoms with van der Waals surface area (Å²) in [6, 6.07) is 7.67. The molecule has 0 spiro atoms. The molecule has 0 radical (unpaired) electrons. The molecular formula is C17H19NO3. The van der Waals surface area contributed by atoms with Gasteiger partial charge in [0, 0.05) is 22.2 Å². The van der Waals surface area contributed by atoms with E-state index in [1.165, 1.54) is 0 Å². The number of esters is 1. The smallest absolute Gasteiger partial charge is 0.309 e. The lowest BCUT2D eigenvalue weighted by Gasteiger charge is -2.24. The molecule has 1 atom stereocenters. The maximum atomic E-state index is 12.6. The van der Waals surface area contributed by atoms with Crippen molar-refractivity contribution in [2.45, 2.75) is 39.2 Å². The Balaban J connectivity index is 1.82. The first kappa shape index (κ1) is 13.9. The van der Waals surface area contributed by atoms with E-state index in [-0.39, 0.29) is 17.7 Å². The Hall–Kier alpha value is -2.10. The van der Waals surface area contributed by atoms with E-state index in [1.807, 2.05) is 31.2 Å². The first-order valence-corrected chi connectivity index (χ1v) is 7.40. The molecule has 0 saturated heterocycles. The van der Waals surface area contributed by atoms with Gasteiger partial charge in [0.1, 0.15) is 0 Å². The van der Waals surface area contributed by atoms with Crippen molar-refractivity contribution in [2.75, 3.05) is 0 Å². The van der Waals surface area contributed by atoms with Gasteiger partial charge in [-0.2, -0.15) is 0 Å². The maximum absolute atomic E-state index is 12.6. The molecule has 3 rings (SSSR count). The average Bonchev–Trinajstić information content (AvgIpc) is 2.71. The number of aromatic amines is 1. The van der Waals surface area contributed by atoms with Gasteiger partial charge in [-0.15, -0.1) is 0 Å². The SMILES string of the molecule is Cc1[nH]c2ccccc2c1C(=O)[C@@H](C)OC(=O)C1CCC1. The van der Waals surface area contributed by atoms with Gasteiger partial charge in [-0.05, 0) is 32.8 Å². The van der Waals surface area contributed by atoms with E-state index >= 15 is 0 Å². The van der Waals surface area contributed by atoms with Gasteiger partial charge in [0.05, 0.1) is 5.92 Å². The molecule has 0 bridgehead atoms. The van der Waals surface area contributed by atoms with Crippen molar-refractivity contribution in [3.05, 3.63) is 35.5 Å². The Morgan fingerprint density at radius 1 is 1.29 bits per heavy atom. The summed E-state index contributed by atoms with van der Waals surface area (Å²) in [5.74, 6) is -0.387. The fraction of sp³-hybridized carbons (Fsp3) is 0.412.